The van der Waals surface area contributed by atoms with Gasteiger partial charge in [-0.05, 0) is 62.2 Å². The maximum Gasteiger partial charge on any atom is 0.278 e. The molecule has 1 saturated heterocycles. The number of nitrogens with zero attached hydrogens (tertiary/aromatic N) is 7. The summed E-state index contributed by atoms with van der Waals surface area (Å²) < 4.78 is 3.30. The van der Waals surface area contributed by atoms with Crippen molar-refractivity contribution in [3.8, 4) is 5.82 Å². The van der Waals surface area contributed by atoms with E-state index in [1.165, 1.54) is 5.69 Å². The van der Waals surface area contributed by atoms with Crippen molar-refractivity contribution in [1.29, 1.82) is 0 Å². The monoisotopic (exact) mass is 552 g/mol. The van der Waals surface area contributed by atoms with Crippen LogP contribution < -0.4 is 15.8 Å². The van der Waals surface area contributed by atoms with E-state index in [2.05, 4.69) is 45.9 Å². The Labute approximate surface area is 238 Å². The van der Waals surface area contributed by atoms with Crippen molar-refractivity contribution in [2.45, 2.75) is 44.8 Å². The molecule has 1 atom stereocenters. The summed E-state index contributed by atoms with van der Waals surface area (Å²) in [7, 11) is 2.15. The zero-order valence-corrected chi connectivity index (χ0v) is 23.5. The number of hydrogen-bond donors (Lipinski definition) is 2. The van der Waals surface area contributed by atoms with Crippen LogP contribution in [0, 0.1) is 5.41 Å². The quantitative estimate of drug-likeness (QED) is 0.348. The molecule has 1 spiro atoms. The molecule has 4 heterocycles. The molecule has 3 aromatic heterocycles. The number of nitrogens with one attached hydrogen (secondary N) is 1. The topological polar surface area (TPSA) is 104 Å². The first-order valence-corrected chi connectivity index (χ1v) is 14.5. The first kappa shape index (κ1) is 25.9. The SMILES string of the molecule is C=CCn1c(=O)c2cnc(Nc3ccc(N4CCN(C)CC4)cc3)nc2n1-c1ccc2c(n1)C(O)C1(CCCC1)C2. The Morgan fingerprint density at radius 1 is 1.07 bits per heavy atom. The summed E-state index contributed by atoms with van der Waals surface area (Å²) in [6.45, 7) is 8.27. The minimum atomic E-state index is -0.595. The van der Waals surface area contributed by atoms with Gasteiger partial charge < -0.3 is 20.2 Å². The third-order valence-corrected chi connectivity index (χ3v) is 9.16. The summed E-state index contributed by atoms with van der Waals surface area (Å²) in [6, 6.07) is 12.2. The van der Waals surface area contributed by atoms with Crippen LogP contribution in [0.5, 0.6) is 0 Å². The highest BCUT2D eigenvalue weighted by atomic mass is 16.3. The molecule has 2 fully saturated rings. The van der Waals surface area contributed by atoms with Crippen molar-refractivity contribution in [3.05, 3.63) is 76.9 Å². The van der Waals surface area contributed by atoms with Gasteiger partial charge in [-0.1, -0.05) is 25.0 Å². The van der Waals surface area contributed by atoms with Crippen LogP contribution >= 0.6 is 0 Å². The standard InChI is InChI=1S/C31H36N8O2/c1-3-14-38-29(41)24-20-32-30(33-22-7-9-23(10-8-22)37-17-15-36(2)16-18-37)35-28(24)39(38)25-11-6-21-19-31(12-4-5-13-31)27(40)26(21)34-25/h3,6-11,20,27,40H,1,4-5,12-19H2,2H3,(H,32,33,35). The molecule has 7 rings (SSSR count). The van der Waals surface area contributed by atoms with Gasteiger partial charge in [-0.3, -0.25) is 4.79 Å². The predicted molar refractivity (Wildman–Crippen MR) is 160 cm³/mol. The number of hydrogen-bond acceptors (Lipinski definition) is 8. The molecule has 3 aliphatic rings. The van der Waals surface area contributed by atoms with Crippen LogP contribution in [0.4, 0.5) is 17.3 Å². The largest absolute Gasteiger partial charge is 0.386 e. The molecule has 41 heavy (non-hydrogen) atoms. The fraction of sp³-hybridized carbons (Fsp3) is 0.419. The van der Waals surface area contributed by atoms with Crippen molar-refractivity contribution < 1.29 is 5.11 Å². The third kappa shape index (κ3) is 4.42. The fourth-order valence-corrected chi connectivity index (χ4v) is 6.85. The van der Waals surface area contributed by atoms with Crippen molar-refractivity contribution in [3.63, 3.8) is 0 Å². The van der Waals surface area contributed by atoms with Gasteiger partial charge in [0, 0.05) is 49.2 Å². The molecular formula is C31H36N8O2. The highest BCUT2D eigenvalue weighted by Gasteiger charge is 2.48. The van der Waals surface area contributed by atoms with E-state index < -0.39 is 6.10 Å². The number of likely N-dealkylation sites (N-methyl/N-ethyl adjacent to an activating group) is 1. The van der Waals surface area contributed by atoms with Crippen LogP contribution in [0.2, 0.25) is 0 Å². The normalized spacial score (nSPS) is 20.1. The summed E-state index contributed by atoms with van der Waals surface area (Å²) in [5, 5.41) is 15.0. The van der Waals surface area contributed by atoms with Gasteiger partial charge in [0.15, 0.2) is 11.5 Å². The highest BCUT2D eigenvalue weighted by molar-refractivity contribution is 5.77. The first-order chi connectivity index (χ1) is 20.0. The number of piperazine rings is 1. The zero-order valence-electron chi connectivity index (χ0n) is 23.5. The van der Waals surface area contributed by atoms with Gasteiger partial charge in [0.1, 0.15) is 11.5 Å². The molecule has 212 valence electrons. The number of allylic oxidation sites excluding steroid dienone is 1. The van der Waals surface area contributed by atoms with Gasteiger partial charge in [-0.2, -0.15) is 4.98 Å². The molecule has 10 heteroatoms. The van der Waals surface area contributed by atoms with Gasteiger partial charge >= 0.3 is 0 Å². The molecule has 1 aromatic carbocycles. The zero-order chi connectivity index (χ0) is 28.1. The predicted octanol–water partition coefficient (Wildman–Crippen LogP) is 3.81. The van der Waals surface area contributed by atoms with Crippen LogP contribution in [0.25, 0.3) is 16.9 Å². The fourth-order valence-electron chi connectivity index (χ4n) is 6.85. The Morgan fingerprint density at radius 3 is 2.56 bits per heavy atom. The Hall–Kier alpha value is -4.02. The van der Waals surface area contributed by atoms with Gasteiger partial charge in [0.2, 0.25) is 5.95 Å². The summed E-state index contributed by atoms with van der Waals surface area (Å²) in [5.74, 6) is 0.938. The molecule has 1 aliphatic heterocycles. The molecule has 1 unspecified atom stereocenters. The maximum absolute atomic E-state index is 13.4. The average Bonchev–Trinajstić information content (AvgIpc) is 3.65. The molecule has 0 amide bonds. The summed E-state index contributed by atoms with van der Waals surface area (Å²) in [5.41, 5.74) is 4.01. The first-order valence-electron chi connectivity index (χ1n) is 14.5. The Bertz CT molecular complexity index is 1660. The Kier molecular flexibility index (Phi) is 6.39. The smallest absolute Gasteiger partial charge is 0.278 e. The van der Waals surface area contributed by atoms with Crippen molar-refractivity contribution >= 4 is 28.4 Å². The summed E-state index contributed by atoms with van der Waals surface area (Å²) >= 11 is 0. The second-order valence-corrected chi connectivity index (χ2v) is 11.7. The lowest BCUT2D eigenvalue weighted by molar-refractivity contribution is 0.0411. The number of aliphatic hydroxyl groups excluding tert-OH is 1. The van der Waals surface area contributed by atoms with Gasteiger partial charge in [0.25, 0.3) is 5.56 Å². The third-order valence-electron chi connectivity index (χ3n) is 9.16. The molecule has 4 aromatic rings. The number of anilines is 3. The molecule has 0 bridgehead atoms. The lowest BCUT2D eigenvalue weighted by Gasteiger charge is -2.34. The van der Waals surface area contributed by atoms with E-state index in [9.17, 15) is 9.90 Å². The molecular weight excluding hydrogens is 516 g/mol. The minimum absolute atomic E-state index is 0.105. The number of rotatable bonds is 6. The van der Waals surface area contributed by atoms with E-state index in [4.69, 9.17) is 9.97 Å². The summed E-state index contributed by atoms with van der Waals surface area (Å²) in [4.78, 5) is 32.3. The number of aromatic nitrogens is 5. The molecule has 2 aliphatic carbocycles. The molecule has 1 saturated carbocycles. The van der Waals surface area contributed by atoms with Crippen LogP contribution in [0.15, 0.2) is 60.0 Å². The van der Waals surface area contributed by atoms with Crippen LogP contribution in [0.1, 0.15) is 43.0 Å². The van der Waals surface area contributed by atoms with E-state index >= 15 is 0 Å². The lowest BCUT2D eigenvalue weighted by Crippen LogP contribution is -2.44. The van der Waals surface area contributed by atoms with E-state index in [0.717, 1.165) is 75.2 Å². The average molecular weight is 553 g/mol. The number of aliphatic hydroxyl groups is 1. The molecule has 2 N–H and O–H groups in total. The van der Waals surface area contributed by atoms with Gasteiger partial charge in [-0.25, -0.2) is 19.3 Å². The second-order valence-electron chi connectivity index (χ2n) is 11.7. The van der Waals surface area contributed by atoms with Crippen LogP contribution in [-0.4, -0.2) is 67.5 Å². The maximum atomic E-state index is 13.4. The Balaban J connectivity index is 1.23. The number of pyridine rings is 1. The van der Waals surface area contributed by atoms with Crippen LogP contribution in [0.3, 0.4) is 0 Å². The Morgan fingerprint density at radius 2 is 1.83 bits per heavy atom. The van der Waals surface area contributed by atoms with Gasteiger partial charge in [0.05, 0.1) is 12.2 Å². The van der Waals surface area contributed by atoms with E-state index in [1.807, 2.05) is 24.3 Å². The van der Waals surface area contributed by atoms with E-state index in [0.29, 0.717) is 22.8 Å². The van der Waals surface area contributed by atoms with Crippen molar-refractivity contribution in [2.24, 2.45) is 5.41 Å². The van der Waals surface area contributed by atoms with Crippen molar-refractivity contribution in [2.75, 3.05) is 43.4 Å². The molecule has 0 radical (unpaired) electrons. The van der Waals surface area contributed by atoms with Gasteiger partial charge in [-0.15, -0.1) is 6.58 Å². The van der Waals surface area contributed by atoms with Crippen molar-refractivity contribution in [1.82, 2.24) is 29.2 Å². The highest BCUT2D eigenvalue weighted by Crippen LogP contribution is 2.54. The minimum Gasteiger partial charge on any atom is -0.386 e. The second kappa shape index (κ2) is 10.1. The number of benzene rings is 1. The number of fused-ring (bicyclic) bond motifs is 2. The molecule has 10 nitrogen and oxygen atoms in total. The summed E-state index contributed by atoms with van der Waals surface area (Å²) in [6.07, 6.45) is 7.83. The van der Waals surface area contributed by atoms with E-state index in [1.54, 1.807) is 21.6 Å². The van der Waals surface area contributed by atoms with Crippen LogP contribution in [-0.2, 0) is 13.0 Å². The van der Waals surface area contributed by atoms with E-state index in [-0.39, 0.29) is 17.5 Å². The lowest BCUT2D eigenvalue weighted by atomic mass is 9.81.